The Bertz CT molecular complexity index is 987. The van der Waals surface area contributed by atoms with Crippen LogP contribution >= 0.6 is 11.8 Å². The molecule has 3 aromatic carbocycles. The summed E-state index contributed by atoms with van der Waals surface area (Å²) in [5, 5.41) is 19.1. The normalized spacial score (nSPS) is 14.5. The lowest BCUT2D eigenvalue weighted by atomic mass is 10.1. The van der Waals surface area contributed by atoms with Gasteiger partial charge < -0.3 is 14.7 Å². The van der Waals surface area contributed by atoms with Crippen molar-refractivity contribution >= 4 is 28.8 Å². The second-order valence-electron chi connectivity index (χ2n) is 5.87. The third kappa shape index (κ3) is 2.05. The van der Waals surface area contributed by atoms with Crippen molar-refractivity contribution in [3.05, 3.63) is 66.2 Å². The van der Waals surface area contributed by atoms with E-state index in [2.05, 4.69) is 17.0 Å². The lowest BCUT2D eigenvalue weighted by molar-refractivity contribution is 0.235. The van der Waals surface area contributed by atoms with Gasteiger partial charge in [-0.25, -0.2) is 0 Å². The maximum Gasteiger partial charge on any atom is 0.166 e. The Labute approximate surface area is 148 Å². The summed E-state index contributed by atoms with van der Waals surface area (Å²) in [5.41, 5.74) is 3.59. The van der Waals surface area contributed by atoms with E-state index in [9.17, 15) is 5.11 Å². The highest BCUT2D eigenvalue weighted by molar-refractivity contribution is 7.99. The zero-order valence-corrected chi connectivity index (χ0v) is 13.8. The number of aliphatic hydroxyl groups excluding tert-OH is 1. The predicted octanol–water partition coefficient (Wildman–Crippen LogP) is 5.28. The summed E-state index contributed by atoms with van der Waals surface area (Å²) >= 11 is 1.62. The van der Waals surface area contributed by atoms with Crippen molar-refractivity contribution in [2.45, 2.75) is 15.9 Å². The van der Waals surface area contributed by atoms with Crippen LogP contribution in [0.1, 0.15) is 11.7 Å². The summed E-state index contributed by atoms with van der Waals surface area (Å²) in [6.45, 7) is 0. The van der Waals surface area contributed by atoms with Crippen molar-refractivity contribution in [1.29, 1.82) is 5.26 Å². The molecule has 2 heterocycles. The topological polar surface area (TPSA) is 56.5 Å². The van der Waals surface area contributed by atoms with Gasteiger partial charge in [-0.05, 0) is 42.0 Å². The molecule has 0 bridgehead atoms. The van der Waals surface area contributed by atoms with Crippen LogP contribution in [0.5, 0.6) is 11.5 Å². The highest BCUT2D eigenvalue weighted by Crippen LogP contribution is 2.60. The summed E-state index contributed by atoms with van der Waals surface area (Å²) in [5.74, 6) is 1.41. The molecule has 0 fully saturated rings. The maximum atomic E-state index is 9.99. The Hall–Kier alpha value is -2.94. The van der Waals surface area contributed by atoms with Gasteiger partial charge in [0.2, 0.25) is 0 Å². The van der Waals surface area contributed by atoms with Gasteiger partial charge >= 0.3 is 0 Å². The molecule has 3 aromatic rings. The van der Waals surface area contributed by atoms with E-state index < -0.39 is 6.10 Å². The van der Waals surface area contributed by atoms with Crippen molar-refractivity contribution in [1.82, 2.24) is 0 Å². The third-order valence-electron chi connectivity index (χ3n) is 4.38. The second kappa shape index (κ2) is 5.28. The molecule has 5 heteroatoms. The van der Waals surface area contributed by atoms with Gasteiger partial charge in [0.15, 0.2) is 17.6 Å². The van der Waals surface area contributed by atoms with E-state index in [4.69, 9.17) is 10.00 Å². The van der Waals surface area contributed by atoms with Crippen molar-refractivity contribution in [2.75, 3.05) is 4.90 Å². The number of fused-ring (bicyclic) bond motifs is 4. The second-order valence-corrected chi connectivity index (χ2v) is 6.96. The van der Waals surface area contributed by atoms with Crippen LogP contribution in [-0.4, -0.2) is 5.11 Å². The van der Waals surface area contributed by atoms with Gasteiger partial charge in [0.05, 0.1) is 17.4 Å². The molecule has 25 heavy (non-hydrogen) atoms. The molecule has 4 nitrogen and oxygen atoms in total. The number of hydrogen-bond acceptors (Lipinski definition) is 5. The van der Waals surface area contributed by atoms with Crippen molar-refractivity contribution in [3.8, 4) is 17.6 Å². The molecule has 0 saturated heterocycles. The molecule has 5 rings (SSSR count). The molecule has 1 N–H and O–H groups in total. The molecule has 2 aliphatic heterocycles. The molecule has 0 spiro atoms. The zero-order chi connectivity index (χ0) is 17.0. The number of rotatable bonds is 1. The first kappa shape index (κ1) is 14.4. The molecule has 0 saturated carbocycles. The minimum Gasteiger partial charge on any atom is -0.453 e. The minimum absolute atomic E-state index is 0.544. The highest BCUT2D eigenvalue weighted by atomic mass is 32.2. The molecule has 0 aromatic heterocycles. The van der Waals surface area contributed by atoms with E-state index in [0.717, 1.165) is 32.6 Å². The molecule has 0 amide bonds. The van der Waals surface area contributed by atoms with E-state index in [1.54, 1.807) is 17.8 Å². The van der Waals surface area contributed by atoms with Crippen LogP contribution in [0.3, 0.4) is 0 Å². The van der Waals surface area contributed by atoms with Crippen LogP contribution in [-0.2, 0) is 0 Å². The molecular formula is C20H12N2O2S. The fourth-order valence-corrected chi connectivity index (χ4v) is 4.41. The van der Waals surface area contributed by atoms with Crippen LogP contribution < -0.4 is 9.64 Å². The summed E-state index contributed by atoms with van der Waals surface area (Å²) in [4.78, 5) is 4.29. The first-order valence-electron chi connectivity index (χ1n) is 7.86. The molecule has 1 atom stereocenters. The number of hydrogen-bond donors (Lipinski definition) is 1. The average Bonchev–Trinajstić information content (AvgIpc) is 2.66. The smallest absolute Gasteiger partial charge is 0.166 e. The third-order valence-corrected chi connectivity index (χ3v) is 5.47. The number of nitriles is 1. The van der Waals surface area contributed by atoms with Gasteiger partial charge in [0.1, 0.15) is 5.69 Å². The lowest BCUT2D eigenvalue weighted by Gasteiger charge is -2.38. The minimum atomic E-state index is -1.17. The van der Waals surface area contributed by atoms with Gasteiger partial charge in [-0.15, -0.1) is 0 Å². The Morgan fingerprint density at radius 2 is 1.72 bits per heavy atom. The van der Waals surface area contributed by atoms with Gasteiger partial charge in [-0.3, -0.25) is 0 Å². The molecule has 120 valence electrons. The fraction of sp³-hybridized carbons (Fsp3) is 0.0500. The maximum absolute atomic E-state index is 9.99. The van der Waals surface area contributed by atoms with E-state index in [0.29, 0.717) is 11.3 Å². The van der Waals surface area contributed by atoms with Crippen molar-refractivity contribution < 1.29 is 9.84 Å². The highest BCUT2D eigenvalue weighted by Gasteiger charge is 2.34. The van der Waals surface area contributed by atoms with Crippen LogP contribution in [0.15, 0.2) is 70.5 Å². The van der Waals surface area contributed by atoms with Crippen LogP contribution in [0.4, 0.5) is 17.1 Å². The van der Waals surface area contributed by atoms with Crippen LogP contribution in [0.2, 0.25) is 0 Å². The van der Waals surface area contributed by atoms with Crippen molar-refractivity contribution in [3.63, 3.8) is 0 Å². The lowest BCUT2D eigenvalue weighted by Crippen LogP contribution is -2.20. The van der Waals surface area contributed by atoms with Gasteiger partial charge in [-0.1, -0.05) is 36.0 Å². The summed E-state index contributed by atoms with van der Waals surface area (Å²) in [7, 11) is 0. The van der Waals surface area contributed by atoms with E-state index in [1.807, 2.05) is 48.5 Å². The molecule has 0 aliphatic carbocycles. The first-order valence-corrected chi connectivity index (χ1v) is 8.67. The summed E-state index contributed by atoms with van der Waals surface area (Å²) in [6.07, 6.45) is -1.17. The van der Waals surface area contributed by atoms with Gasteiger partial charge in [-0.2, -0.15) is 5.26 Å². The summed E-state index contributed by atoms with van der Waals surface area (Å²) < 4.78 is 6.10. The number of benzene rings is 3. The van der Waals surface area contributed by atoms with Crippen molar-refractivity contribution in [2.24, 2.45) is 0 Å². The molecule has 0 radical (unpaired) electrons. The average molecular weight is 344 g/mol. The number of aliphatic hydroxyl groups is 1. The SMILES string of the molecule is N#CC(O)c1cc2c3c(c1)Sc1ccccc1N3c1ccccc1O2. The monoisotopic (exact) mass is 344 g/mol. The van der Waals surface area contributed by atoms with Gasteiger partial charge in [0.25, 0.3) is 0 Å². The Morgan fingerprint density at radius 3 is 2.56 bits per heavy atom. The Morgan fingerprint density at radius 1 is 0.960 bits per heavy atom. The first-order chi connectivity index (χ1) is 12.3. The fourth-order valence-electron chi connectivity index (χ4n) is 3.27. The van der Waals surface area contributed by atoms with Crippen LogP contribution in [0.25, 0.3) is 0 Å². The molecular weight excluding hydrogens is 332 g/mol. The number of nitrogens with zero attached hydrogens (tertiary/aromatic N) is 2. The number of ether oxygens (including phenoxy) is 1. The van der Waals surface area contributed by atoms with Crippen LogP contribution in [0, 0.1) is 11.3 Å². The van der Waals surface area contributed by atoms with E-state index in [1.165, 1.54) is 0 Å². The summed E-state index contributed by atoms with van der Waals surface area (Å²) in [6, 6.07) is 21.6. The zero-order valence-electron chi connectivity index (χ0n) is 13.0. The standard InChI is InChI=1S/C20H12N2O2S/c21-11-15(23)12-9-17-20-19(10-12)25-18-8-4-2-6-14(18)22(20)13-5-1-3-7-16(13)24-17/h1-10,15,23H. The predicted molar refractivity (Wildman–Crippen MR) is 95.9 cm³/mol. The Balaban J connectivity index is 1.82. The van der Waals surface area contributed by atoms with E-state index in [-0.39, 0.29) is 0 Å². The largest absolute Gasteiger partial charge is 0.453 e. The number of para-hydroxylation sites is 3. The quantitative estimate of drug-likeness (QED) is 0.419. The Kier molecular flexibility index (Phi) is 3.04. The molecule has 1 unspecified atom stereocenters. The van der Waals surface area contributed by atoms with E-state index >= 15 is 0 Å². The number of anilines is 3. The molecule has 2 aliphatic rings. The van der Waals surface area contributed by atoms with Gasteiger partial charge in [0, 0.05) is 9.79 Å².